The van der Waals surface area contributed by atoms with E-state index >= 15 is 0 Å². The minimum atomic E-state index is -1.25. The van der Waals surface area contributed by atoms with E-state index in [9.17, 15) is 14.7 Å². The number of hydrogen-bond donors (Lipinski definition) is 2. The highest BCUT2D eigenvalue weighted by Gasteiger charge is 2.31. The summed E-state index contributed by atoms with van der Waals surface area (Å²) in [5, 5.41) is 9.54. The summed E-state index contributed by atoms with van der Waals surface area (Å²) in [6.07, 6.45) is -1.25. The quantitative estimate of drug-likeness (QED) is 0.904. The molecule has 0 saturated heterocycles. The summed E-state index contributed by atoms with van der Waals surface area (Å²) in [7, 11) is 0. The Bertz CT molecular complexity index is 656. The maximum absolute atomic E-state index is 11.8. The minimum Gasteiger partial charge on any atom is -0.465 e. The lowest BCUT2D eigenvalue weighted by atomic mass is 10.0. The van der Waals surface area contributed by atoms with Crippen molar-refractivity contribution in [2.45, 2.75) is 13.0 Å². The molecular weight excluding hydrogens is 268 g/mol. The molecular formula is C16H15N2O3. The van der Waals surface area contributed by atoms with E-state index in [4.69, 9.17) is 5.73 Å². The van der Waals surface area contributed by atoms with Crippen LogP contribution in [0.2, 0.25) is 0 Å². The maximum Gasteiger partial charge on any atom is 0.412 e. The lowest BCUT2D eigenvalue weighted by Gasteiger charge is -2.28. The third-order valence-corrected chi connectivity index (χ3v) is 3.14. The molecule has 2 amide bonds. The molecule has 0 aromatic heterocycles. The van der Waals surface area contributed by atoms with Crippen molar-refractivity contribution in [1.82, 2.24) is 0 Å². The van der Waals surface area contributed by atoms with Crippen molar-refractivity contribution in [2.75, 3.05) is 4.90 Å². The molecule has 0 fully saturated rings. The number of carbonyl (C=O) groups is 2. The lowest BCUT2D eigenvalue weighted by Crippen LogP contribution is -2.41. The second kappa shape index (κ2) is 6.09. The van der Waals surface area contributed by atoms with Crippen molar-refractivity contribution in [1.29, 1.82) is 0 Å². The Labute approximate surface area is 122 Å². The van der Waals surface area contributed by atoms with E-state index in [1.54, 1.807) is 55.5 Å². The molecule has 0 bridgehead atoms. The van der Waals surface area contributed by atoms with Crippen LogP contribution >= 0.6 is 0 Å². The zero-order valence-corrected chi connectivity index (χ0v) is 11.5. The fraction of sp³-hybridized carbons (Fsp3) is 0.125. The number of anilines is 1. The van der Waals surface area contributed by atoms with E-state index < -0.39 is 18.0 Å². The second-order valence-corrected chi connectivity index (χ2v) is 4.55. The van der Waals surface area contributed by atoms with Gasteiger partial charge in [0.1, 0.15) is 6.04 Å². The van der Waals surface area contributed by atoms with Gasteiger partial charge in [-0.2, -0.15) is 0 Å². The highest BCUT2D eigenvalue weighted by molar-refractivity contribution is 5.97. The zero-order chi connectivity index (χ0) is 15.4. The number of amides is 2. The summed E-state index contributed by atoms with van der Waals surface area (Å²) in [6.45, 7) is 1.73. The van der Waals surface area contributed by atoms with Gasteiger partial charge >= 0.3 is 6.09 Å². The normalized spacial score (nSPS) is 11.7. The maximum atomic E-state index is 11.8. The smallest absolute Gasteiger partial charge is 0.412 e. The summed E-state index contributed by atoms with van der Waals surface area (Å²) in [6, 6.07) is 15.4. The predicted molar refractivity (Wildman–Crippen MR) is 78.9 cm³/mol. The molecule has 5 heteroatoms. The van der Waals surface area contributed by atoms with Gasteiger partial charge in [-0.25, -0.2) is 4.79 Å². The van der Waals surface area contributed by atoms with Crippen LogP contribution < -0.4 is 10.6 Å². The topological polar surface area (TPSA) is 83.6 Å². The van der Waals surface area contributed by atoms with E-state index in [1.807, 2.05) is 0 Å². The third kappa shape index (κ3) is 3.02. The Morgan fingerprint density at radius 3 is 2.38 bits per heavy atom. The summed E-state index contributed by atoms with van der Waals surface area (Å²) in [5.74, 6) is -0.730. The van der Waals surface area contributed by atoms with Gasteiger partial charge in [0, 0.05) is 0 Å². The Balaban J connectivity index is 2.57. The van der Waals surface area contributed by atoms with Gasteiger partial charge < -0.3 is 10.8 Å². The standard InChI is InChI=1S/C16H15N2O3/c1-11-7-5-6-10-13(11)18(16(20)21)14(15(17)19)12-8-3-2-4-9-12/h2-6,8-10,14H,1H3,(H2,17,19)(H,20,21)/t14-/m1/s1. The second-order valence-electron chi connectivity index (χ2n) is 4.55. The molecule has 0 aliphatic rings. The van der Waals surface area contributed by atoms with Crippen molar-refractivity contribution in [2.24, 2.45) is 5.73 Å². The number of hydrogen-bond acceptors (Lipinski definition) is 2. The van der Waals surface area contributed by atoms with Gasteiger partial charge in [0.05, 0.1) is 5.69 Å². The molecule has 1 radical (unpaired) electrons. The van der Waals surface area contributed by atoms with Crippen LogP contribution in [-0.2, 0) is 4.79 Å². The van der Waals surface area contributed by atoms with Crippen molar-refractivity contribution < 1.29 is 14.7 Å². The fourth-order valence-electron chi connectivity index (χ4n) is 2.20. The molecule has 2 rings (SSSR count). The van der Waals surface area contributed by atoms with Crippen molar-refractivity contribution in [3.8, 4) is 0 Å². The first-order chi connectivity index (χ1) is 10.0. The van der Waals surface area contributed by atoms with Crippen LogP contribution in [0.4, 0.5) is 10.5 Å². The van der Waals surface area contributed by atoms with E-state index in [1.165, 1.54) is 0 Å². The molecule has 2 aromatic rings. The van der Waals surface area contributed by atoms with Gasteiger partial charge in [-0.15, -0.1) is 0 Å². The molecule has 0 spiro atoms. The van der Waals surface area contributed by atoms with Crippen LogP contribution in [0.15, 0.2) is 48.5 Å². The van der Waals surface area contributed by atoms with Crippen LogP contribution in [-0.4, -0.2) is 17.1 Å². The van der Waals surface area contributed by atoms with Crippen molar-refractivity contribution in [3.05, 3.63) is 65.7 Å². The van der Waals surface area contributed by atoms with Gasteiger partial charge in [0.25, 0.3) is 0 Å². The molecule has 0 unspecified atom stereocenters. The van der Waals surface area contributed by atoms with E-state index in [-0.39, 0.29) is 0 Å². The Kier molecular flexibility index (Phi) is 4.23. The number of primary amides is 1. The van der Waals surface area contributed by atoms with Crippen molar-refractivity contribution >= 4 is 17.7 Å². The van der Waals surface area contributed by atoms with Crippen LogP contribution in [0.3, 0.4) is 0 Å². The minimum absolute atomic E-state index is 0.387. The number of rotatable bonds is 4. The van der Waals surface area contributed by atoms with Gasteiger partial charge in [-0.05, 0) is 30.2 Å². The van der Waals surface area contributed by atoms with E-state index in [2.05, 4.69) is 6.07 Å². The predicted octanol–water partition coefficient (Wildman–Crippen LogP) is 2.51. The molecule has 1 atom stereocenters. The number of aryl methyl sites for hydroxylation is 1. The van der Waals surface area contributed by atoms with Crippen LogP contribution in [0, 0.1) is 13.0 Å². The molecule has 107 valence electrons. The number of nitrogens with zero attached hydrogens (tertiary/aromatic N) is 1. The van der Waals surface area contributed by atoms with Crippen molar-refractivity contribution in [3.63, 3.8) is 0 Å². The van der Waals surface area contributed by atoms with E-state index in [0.717, 1.165) is 4.90 Å². The summed E-state index contributed by atoms with van der Waals surface area (Å²) in [4.78, 5) is 24.5. The average Bonchev–Trinajstić information content (AvgIpc) is 2.46. The first-order valence-corrected chi connectivity index (χ1v) is 6.36. The summed E-state index contributed by atoms with van der Waals surface area (Å²) < 4.78 is 0. The highest BCUT2D eigenvalue weighted by Crippen LogP contribution is 2.29. The number of benzene rings is 2. The largest absolute Gasteiger partial charge is 0.465 e. The molecule has 21 heavy (non-hydrogen) atoms. The summed E-state index contributed by atoms with van der Waals surface area (Å²) >= 11 is 0. The van der Waals surface area contributed by atoms with Gasteiger partial charge in [-0.3, -0.25) is 9.69 Å². The first kappa shape index (κ1) is 14.6. The zero-order valence-electron chi connectivity index (χ0n) is 11.5. The average molecular weight is 283 g/mol. The Morgan fingerprint density at radius 2 is 1.86 bits per heavy atom. The molecule has 0 heterocycles. The van der Waals surface area contributed by atoms with Gasteiger partial charge in [0.2, 0.25) is 5.91 Å². The lowest BCUT2D eigenvalue weighted by molar-refractivity contribution is -0.119. The number of nitrogens with two attached hydrogens (primary N) is 1. The molecule has 0 aliphatic carbocycles. The Morgan fingerprint density at radius 1 is 1.19 bits per heavy atom. The molecule has 3 N–H and O–H groups in total. The van der Waals surface area contributed by atoms with Gasteiger partial charge in [0.15, 0.2) is 0 Å². The first-order valence-electron chi connectivity index (χ1n) is 6.36. The van der Waals surface area contributed by atoms with E-state index in [0.29, 0.717) is 16.8 Å². The summed E-state index contributed by atoms with van der Waals surface area (Å²) in [5.41, 5.74) is 6.98. The molecule has 5 nitrogen and oxygen atoms in total. The Hall–Kier alpha value is -2.82. The SMILES string of the molecule is Cc1[c]cccc1N(C(=O)O)[C@@H](C(N)=O)c1ccccc1. The third-order valence-electron chi connectivity index (χ3n) is 3.14. The number of carbonyl (C=O) groups excluding carboxylic acids is 1. The molecule has 0 saturated carbocycles. The number of carboxylic acid groups (broad SMARTS) is 1. The fourth-order valence-corrected chi connectivity index (χ4v) is 2.20. The highest BCUT2D eigenvalue weighted by atomic mass is 16.4. The van der Waals surface area contributed by atoms with Gasteiger partial charge in [-0.1, -0.05) is 42.5 Å². The molecule has 0 aliphatic heterocycles. The van der Waals surface area contributed by atoms with Crippen LogP contribution in [0.5, 0.6) is 0 Å². The van der Waals surface area contributed by atoms with Crippen LogP contribution in [0.25, 0.3) is 0 Å². The monoisotopic (exact) mass is 283 g/mol. The van der Waals surface area contributed by atoms with Crippen LogP contribution in [0.1, 0.15) is 17.2 Å². The molecule has 2 aromatic carbocycles.